The van der Waals surface area contributed by atoms with E-state index >= 15 is 0 Å². The molecule has 20 heavy (non-hydrogen) atoms. The summed E-state index contributed by atoms with van der Waals surface area (Å²) < 4.78 is 24.3. The van der Waals surface area contributed by atoms with E-state index in [9.17, 15) is 8.42 Å². The number of hydrogen-bond acceptors (Lipinski definition) is 2. The molecule has 2 aromatic rings. The van der Waals surface area contributed by atoms with Crippen molar-refractivity contribution in [3.63, 3.8) is 0 Å². The maximum absolute atomic E-state index is 12.5. The van der Waals surface area contributed by atoms with Gasteiger partial charge in [0.2, 0.25) is 0 Å². The van der Waals surface area contributed by atoms with Gasteiger partial charge in [-0.1, -0.05) is 49.4 Å². The van der Waals surface area contributed by atoms with Gasteiger partial charge in [-0.15, -0.1) is 0 Å². The Balaban J connectivity index is 2.39. The summed E-state index contributed by atoms with van der Waals surface area (Å²) in [6.07, 6.45) is 0.593. The van der Waals surface area contributed by atoms with Crippen LogP contribution in [0, 0.1) is 0 Å². The van der Waals surface area contributed by atoms with Crippen molar-refractivity contribution in [2.75, 3.05) is 0 Å². The molecule has 0 saturated heterocycles. The molecule has 0 bridgehead atoms. The molecule has 3 heteroatoms. The lowest BCUT2D eigenvalue weighted by molar-refractivity contribution is 0.538. The van der Waals surface area contributed by atoms with Gasteiger partial charge in [-0.05, 0) is 43.5 Å². The highest BCUT2D eigenvalue weighted by molar-refractivity contribution is 7.92. The molecule has 0 N–H and O–H groups in total. The predicted octanol–water partition coefficient (Wildman–Crippen LogP) is 4.32. The molecule has 0 fully saturated rings. The molecule has 0 aliphatic heterocycles. The Morgan fingerprint density at radius 2 is 1.35 bits per heavy atom. The molecule has 0 aliphatic carbocycles. The number of rotatable bonds is 4. The van der Waals surface area contributed by atoms with Gasteiger partial charge in [0.25, 0.3) is 0 Å². The molecule has 0 heterocycles. The minimum absolute atomic E-state index is 0.393. The van der Waals surface area contributed by atoms with Crippen LogP contribution in [-0.4, -0.2) is 13.2 Å². The molecule has 0 saturated carbocycles. The van der Waals surface area contributed by atoms with Crippen LogP contribution in [0.15, 0.2) is 59.5 Å². The van der Waals surface area contributed by atoms with E-state index < -0.39 is 14.6 Å². The zero-order chi connectivity index (χ0) is 14.8. The fourth-order valence-electron chi connectivity index (χ4n) is 1.97. The van der Waals surface area contributed by atoms with Crippen LogP contribution in [-0.2, 0) is 9.84 Å². The molecule has 0 atom stereocenters. The Bertz CT molecular complexity index is 669. The van der Waals surface area contributed by atoms with Crippen molar-refractivity contribution in [2.24, 2.45) is 0 Å². The third-order valence-electron chi connectivity index (χ3n) is 3.85. The Labute approximate surface area is 121 Å². The second-order valence-electron chi connectivity index (χ2n) is 5.51. The summed E-state index contributed by atoms with van der Waals surface area (Å²) in [5.41, 5.74) is 2.12. The molecule has 106 valence electrons. The van der Waals surface area contributed by atoms with Gasteiger partial charge in [0.05, 0.1) is 9.64 Å². The topological polar surface area (TPSA) is 34.1 Å². The molecular weight excluding hydrogens is 268 g/mol. The van der Waals surface area contributed by atoms with E-state index in [-0.39, 0.29) is 0 Å². The summed E-state index contributed by atoms with van der Waals surface area (Å²) >= 11 is 0. The smallest absolute Gasteiger partial charge is 0.183 e. The summed E-state index contributed by atoms with van der Waals surface area (Å²) in [6.45, 7) is 5.44. The molecule has 0 spiro atoms. The highest BCUT2D eigenvalue weighted by Crippen LogP contribution is 2.29. The van der Waals surface area contributed by atoms with Crippen molar-refractivity contribution < 1.29 is 8.42 Å². The van der Waals surface area contributed by atoms with E-state index in [0.29, 0.717) is 11.3 Å². The summed E-state index contributed by atoms with van der Waals surface area (Å²) in [7, 11) is -3.29. The van der Waals surface area contributed by atoms with E-state index in [4.69, 9.17) is 0 Å². The maximum atomic E-state index is 12.5. The lowest BCUT2D eigenvalue weighted by atomic mass is 10.1. The number of benzene rings is 2. The number of hydrogen-bond donors (Lipinski definition) is 0. The standard InChI is InChI=1S/C17H20O2S/c1-4-17(2,3)20(18,19)16-12-10-15(11-13-16)14-8-6-5-7-9-14/h5-13H,4H2,1-3H3. The van der Waals surface area contributed by atoms with Crippen molar-refractivity contribution in [3.8, 4) is 11.1 Å². The second-order valence-corrected chi connectivity index (χ2v) is 8.09. The van der Waals surface area contributed by atoms with Gasteiger partial charge in [0.1, 0.15) is 0 Å². The highest BCUT2D eigenvalue weighted by Gasteiger charge is 2.33. The molecule has 0 unspecified atom stereocenters. The first-order valence-corrected chi connectivity index (χ1v) is 8.27. The zero-order valence-electron chi connectivity index (χ0n) is 12.1. The lowest BCUT2D eigenvalue weighted by Crippen LogP contribution is -2.30. The van der Waals surface area contributed by atoms with Crippen LogP contribution in [0.3, 0.4) is 0 Å². The normalized spacial score (nSPS) is 12.3. The van der Waals surface area contributed by atoms with Crippen molar-refractivity contribution in [1.82, 2.24) is 0 Å². The van der Waals surface area contributed by atoms with Crippen molar-refractivity contribution in [2.45, 2.75) is 36.8 Å². The monoisotopic (exact) mass is 288 g/mol. The molecule has 0 amide bonds. The van der Waals surface area contributed by atoms with Gasteiger partial charge in [-0.3, -0.25) is 0 Å². The van der Waals surface area contributed by atoms with E-state index in [2.05, 4.69) is 0 Å². The van der Waals surface area contributed by atoms with Crippen LogP contribution in [0.2, 0.25) is 0 Å². The Morgan fingerprint density at radius 1 is 0.850 bits per heavy atom. The third-order valence-corrected chi connectivity index (χ3v) is 6.49. The van der Waals surface area contributed by atoms with E-state index in [1.807, 2.05) is 49.4 Å². The van der Waals surface area contributed by atoms with Crippen LogP contribution < -0.4 is 0 Å². The molecule has 2 aromatic carbocycles. The van der Waals surface area contributed by atoms with Crippen molar-refractivity contribution >= 4 is 9.84 Å². The first-order valence-electron chi connectivity index (χ1n) is 6.78. The fourth-order valence-corrected chi connectivity index (χ4v) is 3.48. The SMILES string of the molecule is CCC(C)(C)S(=O)(=O)c1ccc(-c2ccccc2)cc1. The third kappa shape index (κ3) is 2.63. The van der Waals surface area contributed by atoms with Crippen molar-refractivity contribution in [3.05, 3.63) is 54.6 Å². The summed E-state index contributed by atoms with van der Waals surface area (Å²) in [4.78, 5) is 0.393. The Morgan fingerprint density at radius 3 is 1.85 bits per heavy atom. The minimum Gasteiger partial charge on any atom is -0.223 e. The van der Waals surface area contributed by atoms with Crippen LogP contribution in [0.4, 0.5) is 0 Å². The van der Waals surface area contributed by atoms with Gasteiger partial charge >= 0.3 is 0 Å². The second kappa shape index (κ2) is 5.41. The summed E-state index contributed by atoms with van der Waals surface area (Å²) in [6, 6.07) is 17.1. The largest absolute Gasteiger partial charge is 0.223 e. The van der Waals surface area contributed by atoms with Gasteiger partial charge in [-0.2, -0.15) is 0 Å². The van der Waals surface area contributed by atoms with Crippen LogP contribution in [0.1, 0.15) is 27.2 Å². The van der Waals surface area contributed by atoms with E-state index in [0.717, 1.165) is 11.1 Å². The van der Waals surface area contributed by atoms with E-state index in [1.165, 1.54) is 0 Å². The zero-order valence-corrected chi connectivity index (χ0v) is 12.9. The Hall–Kier alpha value is -1.61. The first-order chi connectivity index (χ1) is 9.38. The molecule has 0 aliphatic rings. The minimum atomic E-state index is -3.29. The molecule has 0 aromatic heterocycles. The van der Waals surface area contributed by atoms with E-state index in [1.54, 1.807) is 26.0 Å². The molecule has 2 nitrogen and oxygen atoms in total. The highest BCUT2D eigenvalue weighted by atomic mass is 32.2. The first kappa shape index (κ1) is 14.8. The summed E-state index contributed by atoms with van der Waals surface area (Å²) in [5, 5.41) is 0. The lowest BCUT2D eigenvalue weighted by Gasteiger charge is -2.23. The molecule has 2 rings (SSSR count). The predicted molar refractivity (Wildman–Crippen MR) is 83.4 cm³/mol. The van der Waals surface area contributed by atoms with Crippen LogP contribution in [0.25, 0.3) is 11.1 Å². The van der Waals surface area contributed by atoms with Gasteiger partial charge < -0.3 is 0 Å². The van der Waals surface area contributed by atoms with Gasteiger partial charge in [0.15, 0.2) is 9.84 Å². The Kier molecular flexibility index (Phi) is 4.00. The van der Waals surface area contributed by atoms with Crippen LogP contribution >= 0.6 is 0 Å². The van der Waals surface area contributed by atoms with Crippen LogP contribution in [0.5, 0.6) is 0 Å². The average molecular weight is 288 g/mol. The maximum Gasteiger partial charge on any atom is 0.183 e. The quantitative estimate of drug-likeness (QED) is 0.839. The molecule has 0 radical (unpaired) electrons. The fraction of sp³-hybridized carbons (Fsp3) is 0.294. The van der Waals surface area contributed by atoms with Crippen molar-refractivity contribution in [1.29, 1.82) is 0 Å². The summed E-state index contributed by atoms with van der Waals surface area (Å²) in [5.74, 6) is 0. The van der Waals surface area contributed by atoms with Gasteiger partial charge in [0, 0.05) is 0 Å². The van der Waals surface area contributed by atoms with Gasteiger partial charge in [-0.25, -0.2) is 8.42 Å². The molecular formula is C17H20O2S. The number of sulfone groups is 1. The average Bonchev–Trinajstić information content (AvgIpc) is 2.48.